The highest BCUT2D eigenvalue weighted by molar-refractivity contribution is 6.36. The van der Waals surface area contributed by atoms with Crippen LogP contribution in [0.5, 0.6) is 0 Å². The Labute approximate surface area is 117 Å². The summed E-state index contributed by atoms with van der Waals surface area (Å²) in [5.74, 6) is -0.443. The number of amides is 1. The standard InChI is InChI=1S/C12H8ClN5O2/c13-8-1-2-9(11-7(8)5-15-18-11)16-12(20)6-3-10(19)17-14-4-6/h1-5H,(H,15,18)(H,16,20)(H,17,19). The van der Waals surface area contributed by atoms with Crippen LogP contribution in [0.2, 0.25) is 5.02 Å². The van der Waals surface area contributed by atoms with Gasteiger partial charge in [-0.3, -0.25) is 14.7 Å². The molecule has 8 heteroatoms. The van der Waals surface area contributed by atoms with Crippen molar-refractivity contribution in [3.8, 4) is 0 Å². The number of rotatable bonds is 2. The van der Waals surface area contributed by atoms with Gasteiger partial charge < -0.3 is 5.32 Å². The second kappa shape index (κ2) is 4.78. The molecule has 0 saturated carbocycles. The van der Waals surface area contributed by atoms with Crippen molar-refractivity contribution in [1.29, 1.82) is 0 Å². The fraction of sp³-hybridized carbons (Fsp3) is 0. The van der Waals surface area contributed by atoms with Crippen molar-refractivity contribution in [2.75, 3.05) is 5.32 Å². The zero-order valence-electron chi connectivity index (χ0n) is 9.98. The SMILES string of the molecule is O=C(Nc1ccc(Cl)c2cn[nH]c12)c1cn[nH]c(=O)c1. The molecule has 0 fully saturated rings. The van der Waals surface area contributed by atoms with E-state index < -0.39 is 11.5 Å². The predicted octanol–water partition coefficient (Wildman–Crippen LogP) is 1.55. The van der Waals surface area contributed by atoms with Gasteiger partial charge >= 0.3 is 0 Å². The first-order valence-corrected chi connectivity index (χ1v) is 6.00. The zero-order valence-corrected chi connectivity index (χ0v) is 10.7. The van der Waals surface area contributed by atoms with Gasteiger partial charge in [-0.1, -0.05) is 11.6 Å². The second-order valence-electron chi connectivity index (χ2n) is 4.04. The molecule has 20 heavy (non-hydrogen) atoms. The molecule has 2 heterocycles. The van der Waals surface area contributed by atoms with Crippen molar-refractivity contribution in [3.63, 3.8) is 0 Å². The summed E-state index contributed by atoms with van der Waals surface area (Å²) >= 11 is 6.02. The van der Waals surface area contributed by atoms with Crippen LogP contribution in [0.15, 0.2) is 35.4 Å². The van der Waals surface area contributed by atoms with Crippen molar-refractivity contribution in [1.82, 2.24) is 20.4 Å². The van der Waals surface area contributed by atoms with E-state index in [4.69, 9.17) is 11.6 Å². The van der Waals surface area contributed by atoms with Crippen molar-refractivity contribution in [2.45, 2.75) is 0 Å². The fourth-order valence-electron chi connectivity index (χ4n) is 1.80. The summed E-state index contributed by atoms with van der Waals surface area (Å²) in [5.41, 5.74) is 0.854. The number of H-pyrrole nitrogens is 2. The summed E-state index contributed by atoms with van der Waals surface area (Å²) in [6.07, 6.45) is 2.85. The lowest BCUT2D eigenvalue weighted by Gasteiger charge is -2.06. The molecule has 3 aromatic rings. The molecule has 1 aromatic carbocycles. The minimum Gasteiger partial charge on any atom is -0.320 e. The molecular formula is C12H8ClN5O2. The van der Waals surface area contributed by atoms with Crippen LogP contribution in [-0.4, -0.2) is 26.3 Å². The third-order valence-corrected chi connectivity index (χ3v) is 3.07. The number of hydrogen-bond acceptors (Lipinski definition) is 4. The van der Waals surface area contributed by atoms with Crippen LogP contribution in [0, 0.1) is 0 Å². The van der Waals surface area contributed by atoms with Gasteiger partial charge in [0.05, 0.1) is 34.2 Å². The second-order valence-corrected chi connectivity index (χ2v) is 4.45. The number of halogens is 1. The molecule has 7 nitrogen and oxygen atoms in total. The molecule has 0 unspecified atom stereocenters. The lowest BCUT2D eigenvalue weighted by atomic mass is 10.2. The summed E-state index contributed by atoms with van der Waals surface area (Å²) in [4.78, 5) is 23.2. The monoisotopic (exact) mass is 289 g/mol. The van der Waals surface area contributed by atoms with Gasteiger partial charge in [0.25, 0.3) is 11.5 Å². The highest BCUT2D eigenvalue weighted by Crippen LogP contribution is 2.28. The number of hydrogen-bond donors (Lipinski definition) is 3. The number of fused-ring (bicyclic) bond motifs is 1. The van der Waals surface area contributed by atoms with Gasteiger partial charge in [0.1, 0.15) is 0 Å². The van der Waals surface area contributed by atoms with Gasteiger partial charge in [0.2, 0.25) is 0 Å². The Morgan fingerprint density at radius 3 is 2.80 bits per heavy atom. The van der Waals surface area contributed by atoms with Crippen LogP contribution in [0.4, 0.5) is 5.69 Å². The zero-order chi connectivity index (χ0) is 14.1. The molecule has 3 rings (SSSR count). The van der Waals surface area contributed by atoms with Gasteiger partial charge in [0, 0.05) is 11.5 Å². The largest absolute Gasteiger partial charge is 0.320 e. The van der Waals surface area contributed by atoms with Gasteiger partial charge in [-0.25, -0.2) is 5.10 Å². The van der Waals surface area contributed by atoms with Crippen LogP contribution >= 0.6 is 11.6 Å². The Kier molecular flexibility index (Phi) is 2.96. The maximum atomic E-state index is 12.0. The number of anilines is 1. The predicted molar refractivity (Wildman–Crippen MR) is 73.9 cm³/mol. The first-order valence-electron chi connectivity index (χ1n) is 5.63. The van der Waals surface area contributed by atoms with E-state index in [2.05, 4.69) is 25.7 Å². The smallest absolute Gasteiger partial charge is 0.264 e. The molecule has 3 N–H and O–H groups in total. The molecule has 0 bridgehead atoms. The minimum atomic E-state index is -0.444. The maximum Gasteiger partial charge on any atom is 0.264 e. The molecule has 2 aromatic heterocycles. The molecule has 0 aliphatic heterocycles. The van der Waals surface area contributed by atoms with Crippen molar-refractivity contribution in [3.05, 3.63) is 51.5 Å². The average Bonchev–Trinajstić information content (AvgIpc) is 2.92. The highest BCUT2D eigenvalue weighted by Gasteiger charge is 2.11. The Balaban J connectivity index is 1.97. The van der Waals surface area contributed by atoms with Crippen LogP contribution < -0.4 is 10.9 Å². The first kappa shape index (κ1) is 12.4. The number of aromatic amines is 2. The molecule has 100 valence electrons. The van der Waals surface area contributed by atoms with Crippen molar-refractivity contribution >= 4 is 34.1 Å². The highest BCUT2D eigenvalue weighted by atomic mass is 35.5. The molecule has 0 radical (unpaired) electrons. The number of nitrogens with one attached hydrogen (secondary N) is 3. The Bertz CT molecular complexity index is 854. The van der Waals surface area contributed by atoms with Gasteiger partial charge in [-0.05, 0) is 12.1 Å². The lowest BCUT2D eigenvalue weighted by Crippen LogP contribution is -2.17. The molecule has 0 spiro atoms. The van der Waals surface area contributed by atoms with E-state index in [1.807, 2.05) is 0 Å². The minimum absolute atomic E-state index is 0.163. The summed E-state index contributed by atoms with van der Waals surface area (Å²) in [6.45, 7) is 0. The van der Waals surface area contributed by atoms with Crippen LogP contribution in [0.1, 0.15) is 10.4 Å². The number of benzene rings is 1. The Morgan fingerprint density at radius 2 is 2.00 bits per heavy atom. The van der Waals surface area contributed by atoms with E-state index in [9.17, 15) is 9.59 Å². The third-order valence-electron chi connectivity index (χ3n) is 2.74. The summed E-state index contributed by atoms with van der Waals surface area (Å²) < 4.78 is 0. The average molecular weight is 290 g/mol. The number of carbonyl (C=O) groups is 1. The van der Waals surface area contributed by atoms with E-state index in [-0.39, 0.29) is 5.56 Å². The van der Waals surface area contributed by atoms with E-state index >= 15 is 0 Å². The van der Waals surface area contributed by atoms with Gasteiger partial charge in [-0.15, -0.1) is 0 Å². The lowest BCUT2D eigenvalue weighted by molar-refractivity contribution is 0.102. The third kappa shape index (κ3) is 2.14. The van der Waals surface area contributed by atoms with Crippen LogP contribution in [0.25, 0.3) is 10.9 Å². The van der Waals surface area contributed by atoms with Crippen LogP contribution in [-0.2, 0) is 0 Å². The Morgan fingerprint density at radius 1 is 1.20 bits per heavy atom. The molecule has 1 amide bonds. The maximum absolute atomic E-state index is 12.0. The summed E-state index contributed by atoms with van der Waals surface area (Å²) in [5, 5.41) is 16.3. The molecule has 0 aliphatic rings. The number of aromatic nitrogens is 4. The summed E-state index contributed by atoms with van der Waals surface area (Å²) in [6, 6.07) is 4.48. The van der Waals surface area contributed by atoms with E-state index in [0.717, 1.165) is 0 Å². The van der Waals surface area contributed by atoms with E-state index in [1.54, 1.807) is 18.3 Å². The van der Waals surface area contributed by atoms with Crippen LogP contribution in [0.3, 0.4) is 0 Å². The topological polar surface area (TPSA) is 104 Å². The van der Waals surface area contributed by atoms with Crippen molar-refractivity contribution < 1.29 is 4.79 Å². The summed E-state index contributed by atoms with van der Waals surface area (Å²) in [7, 11) is 0. The Hall–Kier alpha value is -2.67. The first-order chi connectivity index (χ1) is 9.65. The fourth-order valence-corrected chi connectivity index (χ4v) is 2.01. The van der Waals surface area contributed by atoms with E-state index in [0.29, 0.717) is 21.6 Å². The van der Waals surface area contributed by atoms with Crippen molar-refractivity contribution in [2.24, 2.45) is 0 Å². The molecular weight excluding hydrogens is 282 g/mol. The number of nitrogens with zero attached hydrogens (tertiary/aromatic N) is 2. The molecule has 0 atom stereocenters. The quantitative estimate of drug-likeness (QED) is 0.666. The number of carbonyl (C=O) groups excluding carboxylic acids is 1. The molecule has 0 saturated heterocycles. The normalized spacial score (nSPS) is 10.7. The molecule has 0 aliphatic carbocycles. The van der Waals surface area contributed by atoms with Gasteiger partial charge in [0.15, 0.2) is 0 Å². The van der Waals surface area contributed by atoms with E-state index in [1.165, 1.54) is 12.3 Å². The van der Waals surface area contributed by atoms with Gasteiger partial charge in [-0.2, -0.15) is 10.2 Å².